The summed E-state index contributed by atoms with van der Waals surface area (Å²) in [5.74, 6) is 1.54. The van der Waals surface area contributed by atoms with Gasteiger partial charge in [-0.25, -0.2) is 0 Å². The molecule has 0 spiro atoms. The Morgan fingerprint density at radius 2 is 1.81 bits per heavy atom. The van der Waals surface area contributed by atoms with Crippen LogP contribution in [0.4, 0.5) is 0 Å². The zero-order chi connectivity index (χ0) is 19.2. The average Bonchev–Trinajstić information content (AvgIpc) is 3.11. The van der Waals surface area contributed by atoms with Gasteiger partial charge >= 0.3 is 0 Å². The topological polar surface area (TPSA) is 59.8 Å². The maximum atomic E-state index is 11.8. The molecule has 0 saturated heterocycles. The summed E-state index contributed by atoms with van der Waals surface area (Å²) in [5.41, 5.74) is 3.42. The molecule has 2 aromatic carbocycles. The summed E-state index contributed by atoms with van der Waals surface area (Å²) in [6.45, 7) is 5.84. The van der Waals surface area contributed by atoms with Gasteiger partial charge in [0.25, 0.3) is 0 Å². The maximum absolute atomic E-state index is 11.8. The molecule has 6 heteroatoms. The van der Waals surface area contributed by atoms with Crippen LogP contribution < -0.4 is 5.32 Å². The van der Waals surface area contributed by atoms with E-state index in [4.69, 9.17) is 0 Å². The predicted octanol–water partition coefficient (Wildman–Crippen LogP) is 4.46. The van der Waals surface area contributed by atoms with Gasteiger partial charge in [0, 0.05) is 17.9 Å². The Morgan fingerprint density at radius 3 is 2.48 bits per heavy atom. The van der Waals surface area contributed by atoms with Crippen molar-refractivity contribution < 1.29 is 4.79 Å². The molecule has 1 aromatic heterocycles. The molecule has 1 heterocycles. The number of thioether (sulfide) groups is 1. The molecule has 3 aromatic rings. The van der Waals surface area contributed by atoms with Gasteiger partial charge in [-0.1, -0.05) is 66.7 Å². The number of nitrogens with zero attached hydrogens (tertiary/aromatic N) is 3. The number of hydrogen-bond donors (Lipinski definition) is 1. The van der Waals surface area contributed by atoms with E-state index in [1.54, 1.807) is 11.8 Å². The first-order valence-electron chi connectivity index (χ1n) is 9.07. The van der Waals surface area contributed by atoms with Gasteiger partial charge in [-0.15, -0.1) is 10.2 Å². The fourth-order valence-electron chi connectivity index (χ4n) is 2.72. The highest BCUT2D eigenvalue weighted by atomic mass is 32.2. The van der Waals surface area contributed by atoms with E-state index < -0.39 is 0 Å². The number of rotatable bonds is 7. The molecule has 0 saturated carbocycles. The van der Waals surface area contributed by atoms with Crippen LogP contribution in [-0.4, -0.2) is 20.7 Å². The normalized spacial score (nSPS) is 12.0. The van der Waals surface area contributed by atoms with Crippen LogP contribution >= 0.6 is 11.8 Å². The van der Waals surface area contributed by atoms with E-state index in [1.165, 1.54) is 11.1 Å². The molecule has 0 fully saturated rings. The lowest BCUT2D eigenvalue weighted by atomic mass is 10.2. The van der Waals surface area contributed by atoms with E-state index in [0.29, 0.717) is 6.42 Å². The number of amides is 1. The van der Waals surface area contributed by atoms with Gasteiger partial charge in [-0.2, -0.15) is 0 Å². The molecule has 27 heavy (non-hydrogen) atoms. The summed E-state index contributed by atoms with van der Waals surface area (Å²) in [6.07, 6.45) is 0.443. The van der Waals surface area contributed by atoms with Crippen molar-refractivity contribution in [2.75, 3.05) is 0 Å². The highest BCUT2D eigenvalue weighted by Crippen LogP contribution is 2.27. The van der Waals surface area contributed by atoms with E-state index in [9.17, 15) is 4.79 Å². The van der Waals surface area contributed by atoms with Gasteiger partial charge in [0.2, 0.25) is 5.91 Å². The predicted molar refractivity (Wildman–Crippen MR) is 109 cm³/mol. The van der Waals surface area contributed by atoms with Crippen LogP contribution in [0, 0.1) is 6.92 Å². The third kappa shape index (κ3) is 4.77. The number of aromatic nitrogens is 3. The Labute approximate surface area is 164 Å². The number of nitrogens with one attached hydrogen (secondary N) is 1. The number of carbonyl (C=O) groups excluding carboxylic acids is 1. The molecule has 1 N–H and O–H groups in total. The summed E-state index contributed by atoms with van der Waals surface area (Å²) in [5, 5.41) is 12.6. The van der Waals surface area contributed by atoms with Gasteiger partial charge in [0.1, 0.15) is 0 Å². The van der Waals surface area contributed by atoms with E-state index in [1.807, 2.05) is 36.6 Å². The molecule has 1 atom stereocenters. The molecule has 0 unspecified atom stereocenters. The molecule has 3 rings (SSSR count). The van der Waals surface area contributed by atoms with Crippen LogP contribution in [-0.2, 0) is 10.5 Å². The van der Waals surface area contributed by atoms with Gasteiger partial charge in [0.05, 0.1) is 6.04 Å². The summed E-state index contributed by atoms with van der Waals surface area (Å²) in [7, 11) is 0. The van der Waals surface area contributed by atoms with Crippen LogP contribution in [0.5, 0.6) is 0 Å². The third-order valence-corrected chi connectivity index (χ3v) is 5.25. The number of benzene rings is 2. The first-order chi connectivity index (χ1) is 13.1. The van der Waals surface area contributed by atoms with Gasteiger partial charge in [0.15, 0.2) is 11.0 Å². The minimum absolute atomic E-state index is 0.000514. The molecular weight excluding hydrogens is 356 g/mol. The lowest BCUT2D eigenvalue weighted by Gasteiger charge is -2.16. The lowest BCUT2D eigenvalue weighted by Crippen LogP contribution is -2.27. The van der Waals surface area contributed by atoms with Crippen molar-refractivity contribution in [1.29, 1.82) is 0 Å². The highest BCUT2D eigenvalue weighted by Gasteiger charge is 2.20. The second-order valence-electron chi connectivity index (χ2n) is 6.43. The summed E-state index contributed by atoms with van der Waals surface area (Å²) < 4.78 is 2.04. The Morgan fingerprint density at radius 1 is 1.11 bits per heavy atom. The minimum Gasteiger partial charge on any atom is -0.346 e. The summed E-state index contributed by atoms with van der Waals surface area (Å²) in [6, 6.07) is 18.3. The van der Waals surface area contributed by atoms with Gasteiger partial charge in [-0.3, -0.25) is 9.36 Å². The standard InChI is InChI=1S/C21H24N4OS/c1-4-19(26)22-16(3)20-23-24-21(27-14-17-8-6-5-7-9-17)25(20)18-12-10-15(2)11-13-18/h5-13,16H,4,14H2,1-3H3,(H,22,26)/t16-/m0/s1. The fourth-order valence-corrected chi connectivity index (χ4v) is 3.64. The number of carbonyl (C=O) groups is 1. The Bertz CT molecular complexity index is 890. The van der Waals surface area contributed by atoms with Crippen LogP contribution in [0.2, 0.25) is 0 Å². The van der Waals surface area contributed by atoms with Crippen LogP contribution in [0.3, 0.4) is 0 Å². The van der Waals surface area contributed by atoms with Crippen LogP contribution in [0.1, 0.15) is 43.3 Å². The monoisotopic (exact) mass is 380 g/mol. The highest BCUT2D eigenvalue weighted by molar-refractivity contribution is 7.98. The van der Waals surface area contributed by atoms with Crippen molar-refractivity contribution in [2.45, 2.75) is 44.1 Å². The molecule has 0 radical (unpaired) electrons. The second kappa shape index (κ2) is 8.86. The fraction of sp³-hybridized carbons (Fsp3) is 0.286. The van der Waals surface area contributed by atoms with Crippen molar-refractivity contribution in [3.8, 4) is 5.69 Å². The quantitative estimate of drug-likeness (QED) is 0.615. The van der Waals surface area contributed by atoms with Crippen molar-refractivity contribution in [1.82, 2.24) is 20.1 Å². The largest absolute Gasteiger partial charge is 0.346 e. The van der Waals surface area contributed by atoms with Crippen LogP contribution in [0.15, 0.2) is 59.8 Å². The SMILES string of the molecule is CCC(=O)N[C@@H](C)c1nnc(SCc2ccccc2)n1-c1ccc(C)cc1. The van der Waals surface area contributed by atoms with E-state index >= 15 is 0 Å². The Hall–Kier alpha value is -2.60. The smallest absolute Gasteiger partial charge is 0.220 e. The molecule has 1 amide bonds. The molecule has 0 aliphatic heterocycles. The molecule has 0 aliphatic rings. The van der Waals surface area contributed by atoms with E-state index in [0.717, 1.165) is 22.4 Å². The minimum atomic E-state index is -0.225. The first-order valence-corrected chi connectivity index (χ1v) is 10.1. The van der Waals surface area contributed by atoms with Crippen molar-refractivity contribution in [2.24, 2.45) is 0 Å². The van der Waals surface area contributed by atoms with Gasteiger partial charge in [-0.05, 0) is 31.5 Å². The summed E-state index contributed by atoms with van der Waals surface area (Å²) in [4.78, 5) is 11.8. The second-order valence-corrected chi connectivity index (χ2v) is 7.37. The summed E-state index contributed by atoms with van der Waals surface area (Å²) >= 11 is 1.64. The van der Waals surface area contributed by atoms with E-state index in [2.05, 4.69) is 58.8 Å². The Kier molecular flexibility index (Phi) is 6.29. The van der Waals surface area contributed by atoms with E-state index in [-0.39, 0.29) is 11.9 Å². The lowest BCUT2D eigenvalue weighted by molar-refractivity contribution is -0.121. The number of aryl methyl sites for hydroxylation is 1. The van der Waals surface area contributed by atoms with Crippen molar-refractivity contribution in [3.05, 3.63) is 71.5 Å². The molecular formula is C21H24N4OS. The number of hydrogen-bond acceptors (Lipinski definition) is 4. The van der Waals surface area contributed by atoms with Gasteiger partial charge < -0.3 is 5.32 Å². The first kappa shape index (κ1) is 19.2. The van der Waals surface area contributed by atoms with Crippen molar-refractivity contribution >= 4 is 17.7 Å². The average molecular weight is 381 g/mol. The molecule has 0 aliphatic carbocycles. The van der Waals surface area contributed by atoms with Crippen molar-refractivity contribution in [3.63, 3.8) is 0 Å². The zero-order valence-electron chi connectivity index (χ0n) is 15.8. The third-order valence-electron chi connectivity index (χ3n) is 4.25. The molecule has 0 bridgehead atoms. The zero-order valence-corrected chi connectivity index (χ0v) is 16.7. The molecule has 5 nitrogen and oxygen atoms in total. The van der Waals surface area contributed by atoms with Crippen LogP contribution in [0.25, 0.3) is 5.69 Å². The maximum Gasteiger partial charge on any atom is 0.220 e. The Balaban J connectivity index is 1.92. The molecule has 140 valence electrons.